The van der Waals surface area contributed by atoms with Crippen LogP contribution in [0.2, 0.25) is 0 Å². The minimum absolute atomic E-state index is 0.323. The summed E-state index contributed by atoms with van der Waals surface area (Å²) in [6, 6.07) is 0. The van der Waals surface area contributed by atoms with Crippen molar-refractivity contribution in [3.63, 3.8) is 0 Å². The van der Waals surface area contributed by atoms with E-state index >= 15 is 0 Å². The average molecular weight is 173 g/mol. The van der Waals surface area contributed by atoms with E-state index in [1.54, 1.807) is 13.0 Å². The molecule has 0 amide bonds. The highest BCUT2D eigenvalue weighted by Gasteiger charge is 1.90. The zero-order valence-electron chi connectivity index (χ0n) is 7.50. The van der Waals surface area contributed by atoms with Crippen molar-refractivity contribution >= 4 is 5.97 Å². The highest BCUT2D eigenvalue weighted by molar-refractivity contribution is 5.81. The standard InChI is InChI=1S/C8H15NO3/c1-3-11-8(10)6-5-7-9-12-4-2/h5-6,9H,3-4,7H2,1-2H3/b6-5+. The molecule has 0 saturated carbocycles. The van der Waals surface area contributed by atoms with Crippen LogP contribution in [0.15, 0.2) is 12.2 Å². The molecule has 0 aromatic rings. The Labute approximate surface area is 72.5 Å². The van der Waals surface area contributed by atoms with Gasteiger partial charge in [0.1, 0.15) is 0 Å². The lowest BCUT2D eigenvalue weighted by molar-refractivity contribution is -0.137. The first-order chi connectivity index (χ1) is 5.81. The van der Waals surface area contributed by atoms with Crippen LogP contribution in [0.25, 0.3) is 0 Å². The molecule has 0 rings (SSSR count). The Morgan fingerprint density at radius 2 is 2.17 bits per heavy atom. The van der Waals surface area contributed by atoms with Crippen molar-refractivity contribution < 1.29 is 14.4 Å². The molecule has 12 heavy (non-hydrogen) atoms. The van der Waals surface area contributed by atoms with Gasteiger partial charge < -0.3 is 9.57 Å². The molecule has 4 nitrogen and oxygen atoms in total. The zero-order valence-corrected chi connectivity index (χ0v) is 7.50. The van der Waals surface area contributed by atoms with Gasteiger partial charge in [0.2, 0.25) is 0 Å². The number of hydrogen-bond acceptors (Lipinski definition) is 4. The number of esters is 1. The monoisotopic (exact) mass is 173 g/mol. The maximum absolute atomic E-state index is 10.7. The quantitative estimate of drug-likeness (QED) is 0.277. The number of carbonyl (C=O) groups is 1. The summed E-state index contributed by atoms with van der Waals surface area (Å²) in [6.07, 6.45) is 3.02. The molecule has 0 atom stereocenters. The summed E-state index contributed by atoms with van der Waals surface area (Å²) in [5, 5.41) is 0. The molecule has 0 aliphatic rings. The summed E-state index contributed by atoms with van der Waals surface area (Å²) in [5.41, 5.74) is 2.64. The molecule has 0 unspecified atom stereocenters. The smallest absolute Gasteiger partial charge is 0.330 e. The van der Waals surface area contributed by atoms with Crippen LogP contribution in [0.3, 0.4) is 0 Å². The number of ether oxygens (including phenoxy) is 1. The summed E-state index contributed by atoms with van der Waals surface area (Å²) < 4.78 is 4.65. The maximum atomic E-state index is 10.7. The number of carbonyl (C=O) groups excluding carboxylic acids is 1. The number of hydroxylamine groups is 1. The molecule has 0 spiro atoms. The lowest BCUT2D eigenvalue weighted by Gasteiger charge is -1.97. The number of nitrogens with one attached hydrogen (secondary N) is 1. The molecule has 0 fully saturated rings. The van der Waals surface area contributed by atoms with Crippen LogP contribution in [0.5, 0.6) is 0 Å². The number of rotatable bonds is 6. The first-order valence-electron chi connectivity index (χ1n) is 3.99. The first kappa shape index (κ1) is 11.1. The third-order valence-electron chi connectivity index (χ3n) is 0.988. The van der Waals surface area contributed by atoms with Gasteiger partial charge >= 0.3 is 5.97 Å². The van der Waals surface area contributed by atoms with Crippen molar-refractivity contribution in [1.82, 2.24) is 5.48 Å². The molecular formula is C8H15NO3. The molecule has 0 aliphatic heterocycles. The van der Waals surface area contributed by atoms with Gasteiger partial charge in [-0.3, -0.25) is 0 Å². The van der Waals surface area contributed by atoms with Gasteiger partial charge in [-0.2, -0.15) is 5.48 Å². The Bertz CT molecular complexity index is 145. The third-order valence-corrected chi connectivity index (χ3v) is 0.988. The van der Waals surface area contributed by atoms with Crippen LogP contribution in [0.1, 0.15) is 13.8 Å². The van der Waals surface area contributed by atoms with E-state index in [1.165, 1.54) is 6.08 Å². The highest BCUT2D eigenvalue weighted by atomic mass is 16.6. The van der Waals surface area contributed by atoms with Gasteiger partial charge in [-0.25, -0.2) is 4.79 Å². The van der Waals surface area contributed by atoms with Gasteiger partial charge in [-0.1, -0.05) is 6.08 Å². The Kier molecular flexibility index (Phi) is 7.63. The third kappa shape index (κ3) is 7.24. The van der Waals surface area contributed by atoms with Crippen LogP contribution in [-0.4, -0.2) is 25.7 Å². The molecule has 0 aromatic carbocycles. The van der Waals surface area contributed by atoms with E-state index in [0.717, 1.165) is 0 Å². The lowest BCUT2D eigenvalue weighted by atomic mass is 10.5. The summed E-state index contributed by atoms with van der Waals surface area (Å²) in [6.45, 7) is 5.16. The Morgan fingerprint density at radius 1 is 1.42 bits per heavy atom. The van der Waals surface area contributed by atoms with E-state index < -0.39 is 0 Å². The predicted octanol–water partition coefficient (Wildman–Crippen LogP) is 0.647. The fraction of sp³-hybridized carbons (Fsp3) is 0.625. The van der Waals surface area contributed by atoms with Gasteiger partial charge in [0.05, 0.1) is 13.2 Å². The van der Waals surface area contributed by atoms with Crippen molar-refractivity contribution in [2.24, 2.45) is 0 Å². The van der Waals surface area contributed by atoms with Crippen molar-refractivity contribution in [3.8, 4) is 0 Å². The van der Waals surface area contributed by atoms with E-state index in [2.05, 4.69) is 10.2 Å². The molecule has 0 heterocycles. The Balaban J connectivity index is 3.29. The Morgan fingerprint density at radius 3 is 2.75 bits per heavy atom. The highest BCUT2D eigenvalue weighted by Crippen LogP contribution is 1.79. The summed E-state index contributed by atoms with van der Waals surface area (Å²) >= 11 is 0. The topological polar surface area (TPSA) is 47.6 Å². The summed E-state index contributed by atoms with van der Waals surface area (Å²) in [4.78, 5) is 15.5. The summed E-state index contributed by atoms with van der Waals surface area (Å²) in [7, 11) is 0. The molecule has 0 bridgehead atoms. The van der Waals surface area contributed by atoms with Gasteiger partial charge in [-0.15, -0.1) is 0 Å². The molecule has 0 radical (unpaired) electrons. The fourth-order valence-electron chi connectivity index (χ4n) is 0.555. The second-order valence-corrected chi connectivity index (χ2v) is 1.94. The van der Waals surface area contributed by atoms with Crippen molar-refractivity contribution in [2.75, 3.05) is 19.8 Å². The normalized spacial score (nSPS) is 10.5. The molecule has 0 saturated heterocycles. The van der Waals surface area contributed by atoms with E-state index in [9.17, 15) is 4.79 Å². The molecule has 0 aromatic heterocycles. The minimum atomic E-state index is -0.323. The second kappa shape index (κ2) is 8.23. The lowest BCUT2D eigenvalue weighted by Crippen LogP contribution is -2.14. The zero-order chi connectivity index (χ0) is 9.23. The molecule has 0 aliphatic carbocycles. The number of hydrogen-bond donors (Lipinski definition) is 1. The van der Waals surface area contributed by atoms with Crippen molar-refractivity contribution in [1.29, 1.82) is 0 Å². The van der Waals surface area contributed by atoms with Crippen molar-refractivity contribution in [3.05, 3.63) is 12.2 Å². The van der Waals surface area contributed by atoms with Crippen LogP contribution in [-0.2, 0) is 14.4 Å². The molecule has 4 heteroatoms. The first-order valence-corrected chi connectivity index (χ1v) is 3.99. The van der Waals surface area contributed by atoms with Gasteiger partial charge in [-0.05, 0) is 13.8 Å². The molecule has 70 valence electrons. The predicted molar refractivity (Wildman–Crippen MR) is 45.4 cm³/mol. The minimum Gasteiger partial charge on any atom is -0.463 e. The SMILES string of the molecule is CCONC/C=C/C(=O)OCC. The Hall–Kier alpha value is -0.870. The van der Waals surface area contributed by atoms with E-state index in [-0.39, 0.29) is 5.97 Å². The maximum Gasteiger partial charge on any atom is 0.330 e. The van der Waals surface area contributed by atoms with E-state index in [1.807, 2.05) is 6.92 Å². The van der Waals surface area contributed by atoms with Crippen LogP contribution in [0, 0.1) is 0 Å². The van der Waals surface area contributed by atoms with Gasteiger partial charge in [0.25, 0.3) is 0 Å². The van der Waals surface area contributed by atoms with Gasteiger partial charge in [0.15, 0.2) is 0 Å². The molecular weight excluding hydrogens is 158 g/mol. The summed E-state index contributed by atoms with van der Waals surface area (Å²) in [5.74, 6) is -0.323. The average Bonchev–Trinajstić information content (AvgIpc) is 2.05. The van der Waals surface area contributed by atoms with Crippen LogP contribution < -0.4 is 5.48 Å². The second-order valence-electron chi connectivity index (χ2n) is 1.94. The van der Waals surface area contributed by atoms with Crippen LogP contribution >= 0.6 is 0 Å². The fourth-order valence-corrected chi connectivity index (χ4v) is 0.555. The van der Waals surface area contributed by atoms with Crippen molar-refractivity contribution in [2.45, 2.75) is 13.8 Å². The van der Waals surface area contributed by atoms with Crippen LogP contribution in [0.4, 0.5) is 0 Å². The largest absolute Gasteiger partial charge is 0.463 e. The van der Waals surface area contributed by atoms with Gasteiger partial charge in [0, 0.05) is 12.6 Å². The van der Waals surface area contributed by atoms with E-state index in [4.69, 9.17) is 4.84 Å². The van der Waals surface area contributed by atoms with E-state index in [0.29, 0.717) is 19.8 Å². The molecule has 1 N–H and O–H groups in total.